The summed E-state index contributed by atoms with van der Waals surface area (Å²) in [6.45, 7) is 1.47. The van der Waals surface area contributed by atoms with Crippen LogP contribution in [-0.2, 0) is 6.61 Å². The second-order valence-corrected chi connectivity index (χ2v) is 7.69. The quantitative estimate of drug-likeness (QED) is 0.334. The van der Waals surface area contributed by atoms with Gasteiger partial charge in [0.2, 0.25) is 0 Å². The van der Waals surface area contributed by atoms with Crippen LogP contribution < -0.4 is 14.5 Å². The Kier molecular flexibility index (Phi) is 7.00. The third kappa shape index (κ3) is 5.45. The second-order valence-electron chi connectivity index (χ2n) is 6.84. The van der Waals surface area contributed by atoms with Crippen LogP contribution in [-0.4, -0.2) is 28.0 Å². The molecule has 0 saturated carbocycles. The average Bonchev–Trinajstić information content (AvgIpc) is 3.37. The molecule has 0 spiro atoms. The molecule has 1 heterocycles. The first kappa shape index (κ1) is 21.4. The van der Waals surface area contributed by atoms with Crippen LogP contribution in [0.4, 0.5) is 5.69 Å². The van der Waals surface area contributed by atoms with Gasteiger partial charge in [-0.1, -0.05) is 30.3 Å². The Labute approximate surface area is 194 Å². The van der Waals surface area contributed by atoms with Crippen molar-refractivity contribution in [3.63, 3.8) is 0 Å². The molecule has 32 heavy (non-hydrogen) atoms. The van der Waals surface area contributed by atoms with Gasteiger partial charge in [0.1, 0.15) is 37.4 Å². The van der Waals surface area contributed by atoms with Crippen LogP contribution in [0.3, 0.4) is 0 Å². The lowest BCUT2D eigenvalue weighted by Crippen LogP contribution is -2.32. The molecule has 1 aromatic heterocycles. The van der Waals surface area contributed by atoms with Gasteiger partial charge in [-0.2, -0.15) is 5.26 Å². The van der Waals surface area contributed by atoms with Crippen molar-refractivity contribution in [3.8, 4) is 17.6 Å². The summed E-state index contributed by atoms with van der Waals surface area (Å²) >= 11 is 3.56. The Hall–Kier alpha value is -3.83. The summed E-state index contributed by atoms with van der Waals surface area (Å²) in [6.07, 6.45) is 3.24. The van der Waals surface area contributed by atoms with Crippen molar-refractivity contribution in [2.24, 2.45) is 0 Å². The molecule has 0 saturated heterocycles. The molecule has 0 aliphatic heterocycles. The van der Waals surface area contributed by atoms with E-state index < -0.39 is 0 Å². The molecule has 0 fully saturated rings. The molecule has 0 radical (unpaired) electrons. The van der Waals surface area contributed by atoms with Crippen molar-refractivity contribution in [1.29, 1.82) is 5.26 Å². The second kappa shape index (κ2) is 10.5. The van der Waals surface area contributed by atoms with E-state index in [4.69, 9.17) is 14.7 Å². The highest BCUT2D eigenvalue weighted by atomic mass is 79.9. The van der Waals surface area contributed by atoms with Crippen LogP contribution in [0, 0.1) is 11.3 Å². The number of aromatic nitrogens is 3. The molecular weight excluding hydrogens is 470 g/mol. The Balaban J connectivity index is 1.37. The van der Waals surface area contributed by atoms with Crippen molar-refractivity contribution in [3.05, 3.63) is 101 Å². The Bertz CT molecular complexity index is 1180. The predicted molar refractivity (Wildman–Crippen MR) is 124 cm³/mol. The Morgan fingerprint density at radius 1 is 0.938 bits per heavy atom. The molecule has 0 N–H and O–H groups in total. The fourth-order valence-corrected chi connectivity index (χ4v) is 3.55. The predicted octanol–water partition coefficient (Wildman–Crippen LogP) is 4.84. The van der Waals surface area contributed by atoms with Gasteiger partial charge in [0.25, 0.3) is 0 Å². The topological polar surface area (TPSA) is 76.2 Å². The lowest BCUT2D eigenvalue weighted by molar-refractivity contribution is 0.300. The number of nitrogens with zero attached hydrogens (tertiary/aromatic N) is 5. The van der Waals surface area contributed by atoms with Crippen LogP contribution in [0.15, 0.2) is 89.9 Å². The highest BCUT2D eigenvalue weighted by molar-refractivity contribution is 9.10. The SMILES string of the molecule is N#Cc1ccc(N(CCOc2ccc(OCc3ccccc3)c(Br)c2)n2cnnc2)cc1. The van der Waals surface area contributed by atoms with Gasteiger partial charge in [-0.05, 0) is 64.0 Å². The van der Waals surface area contributed by atoms with E-state index in [-0.39, 0.29) is 0 Å². The Morgan fingerprint density at radius 3 is 2.38 bits per heavy atom. The zero-order chi connectivity index (χ0) is 22.2. The molecule has 0 bridgehead atoms. The van der Waals surface area contributed by atoms with Gasteiger partial charge in [0.15, 0.2) is 0 Å². The minimum Gasteiger partial charge on any atom is -0.492 e. The zero-order valence-electron chi connectivity index (χ0n) is 17.1. The van der Waals surface area contributed by atoms with Crippen LogP contribution in [0.5, 0.6) is 11.5 Å². The van der Waals surface area contributed by atoms with Crippen molar-refractivity contribution in [2.75, 3.05) is 18.2 Å². The van der Waals surface area contributed by atoms with Crippen LogP contribution >= 0.6 is 15.9 Å². The summed E-state index contributed by atoms with van der Waals surface area (Å²) in [6, 6.07) is 25.1. The molecule has 0 amide bonds. The highest BCUT2D eigenvalue weighted by Gasteiger charge is 2.10. The van der Waals surface area contributed by atoms with Gasteiger partial charge in [0.05, 0.1) is 28.3 Å². The van der Waals surface area contributed by atoms with Gasteiger partial charge in [-0.25, -0.2) is 4.68 Å². The molecule has 0 unspecified atom stereocenters. The molecule has 4 aromatic rings. The third-order valence-electron chi connectivity index (χ3n) is 4.69. The van der Waals surface area contributed by atoms with Gasteiger partial charge >= 0.3 is 0 Å². The monoisotopic (exact) mass is 489 g/mol. The number of hydrogen-bond acceptors (Lipinski definition) is 6. The van der Waals surface area contributed by atoms with E-state index in [9.17, 15) is 0 Å². The van der Waals surface area contributed by atoms with Gasteiger partial charge in [-0.3, -0.25) is 5.01 Å². The minimum atomic E-state index is 0.425. The van der Waals surface area contributed by atoms with E-state index in [0.717, 1.165) is 27.2 Å². The summed E-state index contributed by atoms with van der Waals surface area (Å²) < 4.78 is 14.5. The van der Waals surface area contributed by atoms with Gasteiger partial charge in [-0.15, -0.1) is 10.2 Å². The summed E-state index contributed by atoms with van der Waals surface area (Å²) in [5.74, 6) is 1.48. The summed E-state index contributed by atoms with van der Waals surface area (Å²) in [7, 11) is 0. The maximum Gasteiger partial charge on any atom is 0.139 e. The summed E-state index contributed by atoms with van der Waals surface area (Å²) in [5, 5.41) is 18.8. The number of ether oxygens (including phenoxy) is 2. The van der Waals surface area contributed by atoms with E-state index in [1.807, 2.05) is 65.7 Å². The van der Waals surface area contributed by atoms with Crippen molar-refractivity contribution in [1.82, 2.24) is 14.9 Å². The van der Waals surface area contributed by atoms with Crippen LogP contribution in [0.1, 0.15) is 11.1 Å². The molecule has 0 aliphatic rings. The minimum absolute atomic E-state index is 0.425. The fraction of sp³-hybridized carbons (Fsp3) is 0.125. The van der Waals surface area contributed by atoms with E-state index in [1.54, 1.807) is 29.5 Å². The maximum atomic E-state index is 9.03. The number of benzene rings is 3. The van der Waals surface area contributed by atoms with Crippen LogP contribution in [0.25, 0.3) is 0 Å². The third-order valence-corrected chi connectivity index (χ3v) is 5.31. The number of rotatable bonds is 9. The van der Waals surface area contributed by atoms with Crippen molar-refractivity contribution >= 4 is 21.6 Å². The van der Waals surface area contributed by atoms with Crippen LogP contribution in [0.2, 0.25) is 0 Å². The van der Waals surface area contributed by atoms with Crippen molar-refractivity contribution < 1.29 is 9.47 Å². The first-order chi connectivity index (χ1) is 15.7. The fourth-order valence-electron chi connectivity index (χ4n) is 3.08. The number of nitriles is 1. The smallest absolute Gasteiger partial charge is 0.139 e. The zero-order valence-corrected chi connectivity index (χ0v) is 18.7. The van der Waals surface area contributed by atoms with Crippen molar-refractivity contribution in [2.45, 2.75) is 6.61 Å². The van der Waals surface area contributed by atoms with E-state index in [0.29, 0.717) is 25.3 Å². The molecule has 0 atom stereocenters. The number of hydrogen-bond donors (Lipinski definition) is 0. The van der Waals surface area contributed by atoms with E-state index in [2.05, 4.69) is 32.2 Å². The molecule has 160 valence electrons. The van der Waals surface area contributed by atoms with E-state index >= 15 is 0 Å². The molecule has 0 aliphatic carbocycles. The van der Waals surface area contributed by atoms with Gasteiger partial charge < -0.3 is 9.47 Å². The number of anilines is 1. The standard InChI is InChI=1S/C24H20BrN5O2/c25-23-14-22(10-11-24(23)32-16-20-4-2-1-3-5-20)31-13-12-30(29-17-27-28-18-29)21-8-6-19(15-26)7-9-21/h1-11,14,17-18H,12-13,16H2. The summed E-state index contributed by atoms with van der Waals surface area (Å²) in [5.41, 5.74) is 2.61. The largest absolute Gasteiger partial charge is 0.492 e. The molecule has 4 rings (SSSR count). The lowest BCUT2D eigenvalue weighted by atomic mass is 10.2. The van der Waals surface area contributed by atoms with Gasteiger partial charge in [0, 0.05) is 0 Å². The first-order valence-corrected chi connectivity index (χ1v) is 10.7. The maximum absolute atomic E-state index is 9.03. The molecule has 7 nitrogen and oxygen atoms in total. The first-order valence-electron chi connectivity index (χ1n) is 9.94. The van der Waals surface area contributed by atoms with E-state index in [1.165, 1.54) is 0 Å². The normalized spacial score (nSPS) is 10.4. The molecule has 8 heteroatoms. The highest BCUT2D eigenvalue weighted by Crippen LogP contribution is 2.30. The number of halogens is 1. The lowest BCUT2D eigenvalue weighted by Gasteiger charge is -2.25. The average molecular weight is 490 g/mol. The molecule has 3 aromatic carbocycles. The molecular formula is C24H20BrN5O2. The Morgan fingerprint density at radius 2 is 1.69 bits per heavy atom. The summed E-state index contributed by atoms with van der Waals surface area (Å²) in [4.78, 5) is 0.